The van der Waals surface area contributed by atoms with Crippen LogP contribution in [0.2, 0.25) is 0 Å². The highest BCUT2D eigenvalue weighted by molar-refractivity contribution is 5.86. The lowest BCUT2D eigenvalue weighted by Crippen LogP contribution is -2.53. The van der Waals surface area contributed by atoms with Crippen molar-refractivity contribution in [3.63, 3.8) is 0 Å². The zero-order valence-corrected chi connectivity index (χ0v) is 12.2. The van der Waals surface area contributed by atoms with Crippen LogP contribution < -0.4 is 5.73 Å². The van der Waals surface area contributed by atoms with Gasteiger partial charge in [0.1, 0.15) is 0 Å². The number of aromatic amines is 1. The lowest BCUT2D eigenvalue weighted by atomic mass is 10.0. The minimum absolute atomic E-state index is 0.0103. The van der Waals surface area contributed by atoms with Crippen LogP contribution in [0.4, 0.5) is 0 Å². The number of amides is 1. The number of nitrogens with two attached hydrogens (primary N) is 1. The molecule has 2 heterocycles. The second-order valence-electron chi connectivity index (χ2n) is 5.63. The summed E-state index contributed by atoms with van der Waals surface area (Å²) in [7, 11) is 0. The van der Waals surface area contributed by atoms with Gasteiger partial charge in [-0.1, -0.05) is 18.2 Å². The topological polar surface area (TPSA) is 71.3 Å². The average Bonchev–Trinajstić information content (AvgIpc) is 2.90. The third-order valence-electron chi connectivity index (χ3n) is 4.08. The van der Waals surface area contributed by atoms with Gasteiger partial charge in [0.05, 0.1) is 25.3 Å². The fourth-order valence-electron chi connectivity index (χ4n) is 2.89. The van der Waals surface area contributed by atoms with E-state index < -0.39 is 6.04 Å². The van der Waals surface area contributed by atoms with E-state index >= 15 is 0 Å². The van der Waals surface area contributed by atoms with E-state index in [0.29, 0.717) is 26.2 Å². The number of rotatable bonds is 3. The van der Waals surface area contributed by atoms with Crippen LogP contribution >= 0.6 is 0 Å². The van der Waals surface area contributed by atoms with Gasteiger partial charge in [0, 0.05) is 23.6 Å². The van der Waals surface area contributed by atoms with Gasteiger partial charge < -0.3 is 20.4 Å². The molecule has 1 saturated heterocycles. The van der Waals surface area contributed by atoms with Crippen molar-refractivity contribution in [1.29, 1.82) is 0 Å². The summed E-state index contributed by atoms with van der Waals surface area (Å²) < 4.78 is 5.37. The summed E-state index contributed by atoms with van der Waals surface area (Å²) in [6.07, 6.45) is 2.49. The van der Waals surface area contributed by atoms with Crippen molar-refractivity contribution in [3.05, 3.63) is 36.0 Å². The molecule has 112 valence electrons. The first kappa shape index (κ1) is 14.1. The molecule has 0 radical (unpaired) electrons. The van der Waals surface area contributed by atoms with E-state index in [0.717, 1.165) is 16.5 Å². The Morgan fingerprint density at radius 3 is 3.14 bits per heavy atom. The molecule has 1 fully saturated rings. The summed E-state index contributed by atoms with van der Waals surface area (Å²) in [5.74, 6) is 0.0103. The van der Waals surface area contributed by atoms with Crippen LogP contribution in [0.15, 0.2) is 30.5 Å². The first-order valence-corrected chi connectivity index (χ1v) is 7.35. The normalized spacial score (nSPS) is 20.7. The van der Waals surface area contributed by atoms with Crippen molar-refractivity contribution >= 4 is 16.8 Å². The van der Waals surface area contributed by atoms with Gasteiger partial charge in [-0.2, -0.15) is 0 Å². The maximum atomic E-state index is 12.5. The Bertz CT molecular complexity index is 637. The number of hydrogen-bond donors (Lipinski definition) is 2. The Kier molecular flexibility index (Phi) is 3.94. The fraction of sp³-hybridized carbons (Fsp3) is 0.438. The Morgan fingerprint density at radius 2 is 2.33 bits per heavy atom. The lowest BCUT2D eigenvalue weighted by Gasteiger charge is -2.35. The molecule has 5 heteroatoms. The molecule has 1 aliphatic heterocycles. The molecule has 1 aliphatic rings. The number of aromatic nitrogens is 1. The maximum Gasteiger partial charge on any atom is 0.240 e. The second-order valence-corrected chi connectivity index (χ2v) is 5.63. The van der Waals surface area contributed by atoms with Gasteiger partial charge in [0.25, 0.3) is 0 Å². The van der Waals surface area contributed by atoms with Gasteiger partial charge in [-0.25, -0.2) is 0 Å². The molecule has 0 saturated carbocycles. The first-order valence-electron chi connectivity index (χ1n) is 7.35. The Morgan fingerprint density at radius 1 is 1.52 bits per heavy atom. The number of ether oxygens (including phenoxy) is 1. The van der Waals surface area contributed by atoms with Crippen molar-refractivity contribution < 1.29 is 9.53 Å². The molecule has 1 amide bonds. The maximum absolute atomic E-state index is 12.5. The number of benzene rings is 1. The van der Waals surface area contributed by atoms with Crippen molar-refractivity contribution in [3.8, 4) is 0 Å². The predicted octanol–water partition coefficient (Wildman–Crippen LogP) is 1.29. The molecule has 0 aliphatic carbocycles. The van der Waals surface area contributed by atoms with Gasteiger partial charge in [-0.15, -0.1) is 0 Å². The third-order valence-corrected chi connectivity index (χ3v) is 4.08. The number of para-hydroxylation sites is 1. The van der Waals surface area contributed by atoms with Crippen LogP contribution in [0, 0.1) is 0 Å². The Hall–Kier alpha value is -1.85. The van der Waals surface area contributed by atoms with Gasteiger partial charge in [0.2, 0.25) is 5.91 Å². The zero-order chi connectivity index (χ0) is 14.8. The summed E-state index contributed by atoms with van der Waals surface area (Å²) in [6.45, 7) is 3.80. The number of carbonyl (C=O) groups is 1. The van der Waals surface area contributed by atoms with Crippen LogP contribution in [0.3, 0.4) is 0 Å². The highest BCUT2D eigenvalue weighted by Gasteiger charge is 2.28. The summed E-state index contributed by atoms with van der Waals surface area (Å²) in [5.41, 5.74) is 8.31. The summed E-state index contributed by atoms with van der Waals surface area (Å²) in [6, 6.07) is 7.65. The second kappa shape index (κ2) is 5.87. The summed E-state index contributed by atoms with van der Waals surface area (Å²) in [5, 5.41) is 1.13. The molecular weight excluding hydrogens is 266 g/mol. The van der Waals surface area contributed by atoms with Crippen molar-refractivity contribution in [2.45, 2.75) is 25.4 Å². The van der Waals surface area contributed by atoms with E-state index in [2.05, 4.69) is 11.1 Å². The Labute approximate surface area is 124 Å². The molecule has 5 nitrogen and oxygen atoms in total. The van der Waals surface area contributed by atoms with Crippen LogP contribution in [0.5, 0.6) is 0 Å². The molecule has 1 aromatic carbocycles. The SMILES string of the molecule is CC1COCCN1C(=O)[C@@H](N)Cc1c[nH]c2ccccc12. The first-order chi connectivity index (χ1) is 10.2. The van der Waals surface area contributed by atoms with Gasteiger partial charge in [0.15, 0.2) is 0 Å². The van der Waals surface area contributed by atoms with Crippen molar-refractivity contribution in [2.24, 2.45) is 5.73 Å². The van der Waals surface area contributed by atoms with E-state index in [-0.39, 0.29) is 11.9 Å². The standard InChI is InChI=1S/C16H21N3O2/c1-11-10-21-7-6-19(11)16(20)14(17)8-12-9-18-15-5-3-2-4-13(12)15/h2-5,9,11,14,18H,6-8,10,17H2,1H3/t11?,14-/m0/s1. The van der Waals surface area contributed by atoms with Crippen LogP contribution in [0.25, 0.3) is 10.9 Å². The van der Waals surface area contributed by atoms with Crippen LogP contribution in [0.1, 0.15) is 12.5 Å². The molecule has 3 N–H and O–H groups in total. The summed E-state index contributed by atoms with van der Waals surface area (Å²) in [4.78, 5) is 17.6. The average molecular weight is 287 g/mol. The number of nitrogens with one attached hydrogen (secondary N) is 1. The fourth-order valence-corrected chi connectivity index (χ4v) is 2.89. The van der Waals surface area contributed by atoms with Gasteiger partial charge >= 0.3 is 0 Å². The van der Waals surface area contributed by atoms with E-state index in [9.17, 15) is 4.79 Å². The third kappa shape index (κ3) is 2.80. The van der Waals surface area contributed by atoms with E-state index in [1.54, 1.807) is 0 Å². The molecule has 0 bridgehead atoms. The number of H-pyrrole nitrogens is 1. The molecule has 1 unspecified atom stereocenters. The zero-order valence-electron chi connectivity index (χ0n) is 12.2. The molecule has 1 aromatic heterocycles. The van der Waals surface area contributed by atoms with E-state index in [1.165, 1.54) is 0 Å². The number of nitrogens with zero attached hydrogens (tertiary/aromatic N) is 1. The minimum atomic E-state index is -0.509. The molecule has 21 heavy (non-hydrogen) atoms. The van der Waals surface area contributed by atoms with Crippen LogP contribution in [-0.4, -0.2) is 47.6 Å². The monoisotopic (exact) mass is 287 g/mol. The van der Waals surface area contributed by atoms with E-state index in [4.69, 9.17) is 10.5 Å². The molecule has 2 aromatic rings. The minimum Gasteiger partial charge on any atom is -0.377 e. The highest BCUT2D eigenvalue weighted by Crippen LogP contribution is 2.19. The number of fused-ring (bicyclic) bond motifs is 1. The number of morpholine rings is 1. The van der Waals surface area contributed by atoms with Gasteiger partial charge in [-0.05, 0) is 25.0 Å². The molecular formula is C16H21N3O2. The van der Waals surface area contributed by atoms with Gasteiger partial charge in [-0.3, -0.25) is 4.79 Å². The largest absolute Gasteiger partial charge is 0.377 e. The highest BCUT2D eigenvalue weighted by atomic mass is 16.5. The molecule has 3 rings (SSSR count). The van der Waals surface area contributed by atoms with E-state index in [1.807, 2.05) is 36.2 Å². The smallest absolute Gasteiger partial charge is 0.240 e. The quantitative estimate of drug-likeness (QED) is 0.893. The van der Waals surface area contributed by atoms with Crippen molar-refractivity contribution in [1.82, 2.24) is 9.88 Å². The molecule has 2 atom stereocenters. The number of carbonyl (C=O) groups excluding carboxylic acids is 1. The van der Waals surface area contributed by atoms with Crippen LogP contribution in [-0.2, 0) is 16.0 Å². The number of hydrogen-bond acceptors (Lipinski definition) is 3. The predicted molar refractivity (Wildman–Crippen MR) is 82.0 cm³/mol. The Balaban J connectivity index is 1.73. The van der Waals surface area contributed by atoms with Crippen molar-refractivity contribution in [2.75, 3.05) is 19.8 Å². The lowest BCUT2D eigenvalue weighted by molar-refractivity contribution is -0.140. The summed E-state index contributed by atoms with van der Waals surface area (Å²) >= 11 is 0. The molecule has 0 spiro atoms.